The topological polar surface area (TPSA) is 137 Å². The van der Waals surface area contributed by atoms with Crippen molar-refractivity contribution in [3.63, 3.8) is 0 Å². The summed E-state index contributed by atoms with van der Waals surface area (Å²) in [7, 11) is 3.67. The molecule has 236 valence electrons. The molecular formula is C35H35N5O6. The van der Waals surface area contributed by atoms with Crippen LogP contribution in [0.5, 0.6) is 11.5 Å². The van der Waals surface area contributed by atoms with Crippen molar-refractivity contribution in [2.75, 3.05) is 45.7 Å². The average Bonchev–Trinajstić information content (AvgIpc) is 3.58. The molecule has 0 spiro atoms. The summed E-state index contributed by atoms with van der Waals surface area (Å²) in [5, 5.41) is 15.9. The molecule has 1 atom stereocenters. The summed E-state index contributed by atoms with van der Waals surface area (Å²) in [5.74, 6) is 0.870. The van der Waals surface area contributed by atoms with Crippen molar-refractivity contribution < 1.29 is 24.2 Å². The number of aromatic nitrogens is 1. The molecule has 46 heavy (non-hydrogen) atoms. The Kier molecular flexibility index (Phi) is 7.79. The molecule has 3 N–H and O–H groups in total. The minimum Gasteiger partial charge on any atom is -0.497 e. The number of benzene rings is 3. The van der Waals surface area contributed by atoms with Crippen LogP contribution in [0.4, 0.5) is 11.4 Å². The number of aliphatic imine (C=N–C) groups is 1. The van der Waals surface area contributed by atoms with Gasteiger partial charge in [-0.25, -0.2) is 0 Å². The first-order valence-electron chi connectivity index (χ1n) is 15.4. The van der Waals surface area contributed by atoms with E-state index in [2.05, 4.69) is 15.2 Å². The second kappa shape index (κ2) is 12.1. The van der Waals surface area contributed by atoms with Crippen LogP contribution in [0.3, 0.4) is 0 Å². The SMILES string of the molecule is COc1ccc2cc(OCC(O)CNc3cc[nH]c(=O)c3C3=Nc4cc5c(cc4C3)C(=O)N(C3CCN(C)CC3)C5=O)ccc2c1. The number of amides is 2. The average molecular weight is 622 g/mol. The molecule has 0 aliphatic carbocycles. The van der Waals surface area contributed by atoms with E-state index in [0.29, 0.717) is 45.9 Å². The number of carbonyl (C=O) groups is 2. The predicted molar refractivity (Wildman–Crippen MR) is 175 cm³/mol. The molecule has 0 bridgehead atoms. The van der Waals surface area contributed by atoms with Crippen LogP contribution in [0, 0.1) is 0 Å². The number of H-pyrrole nitrogens is 1. The number of aliphatic hydroxyl groups excluding tert-OH is 1. The van der Waals surface area contributed by atoms with Gasteiger partial charge in [-0.05, 0) is 91.8 Å². The van der Waals surface area contributed by atoms with Crippen LogP contribution >= 0.6 is 0 Å². The van der Waals surface area contributed by atoms with Gasteiger partial charge in [0.2, 0.25) is 0 Å². The van der Waals surface area contributed by atoms with Crippen LogP contribution in [0.2, 0.25) is 0 Å². The smallest absolute Gasteiger partial charge is 0.261 e. The molecule has 3 aromatic carbocycles. The third kappa shape index (κ3) is 5.52. The number of methoxy groups -OCH3 is 1. The Balaban J connectivity index is 1.03. The van der Waals surface area contributed by atoms with E-state index in [9.17, 15) is 19.5 Å². The van der Waals surface area contributed by atoms with Crippen molar-refractivity contribution in [1.82, 2.24) is 14.8 Å². The number of aromatic amines is 1. The van der Waals surface area contributed by atoms with Gasteiger partial charge in [-0.2, -0.15) is 0 Å². The third-order valence-corrected chi connectivity index (χ3v) is 9.02. The van der Waals surface area contributed by atoms with E-state index in [-0.39, 0.29) is 36.6 Å². The molecule has 11 heteroatoms. The summed E-state index contributed by atoms with van der Waals surface area (Å²) in [6.07, 6.45) is 2.52. The molecule has 4 aromatic rings. The molecule has 1 fully saturated rings. The van der Waals surface area contributed by atoms with Crippen molar-refractivity contribution in [2.45, 2.75) is 31.4 Å². The number of carbonyl (C=O) groups excluding carboxylic acids is 2. The van der Waals surface area contributed by atoms with Crippen LogP contribution in [0.1, 0.15) is 44.7 Å². The van der Waals surface area contributed by atoms with Crippen molar-refractivity contribution >= 4 is 39.7 Å². The molecule has 4 heterocycles. The normalized spacial score (nSPS) is 17.2. The van der Waals surface area contributed by atoms with Gasteiger partial charge in [0, 0.05) is 25.2 Å². The minimum absolute atomic E-state index is 0.0434. The molecular weight excluding hydrogens is 586 g/mol. The van der Waals surface area contributed by atoms with Crippen LogP contribution in [-0.4, -0.2) is 90.0 Å². The Morgan fingerprint density at radius 3 is 2.41 bits per heavy atom. The van der Waals surface area contributed by atoms with Crippen LogP contribution in [-0.2, 0) is 6.42 Å². The number of hydrogen-bond donors (Lipinski definition) is 3. The molecule has 1 saturated heterocycles. The maximum Gasteiger partial charge on any atom is 0.261 e. The van der Waals surface area contributed by atoms with Gasteiger partial charge in [-0.3, -0.25) is 24.3 Å². The van der Waals surface area contributed by atoms with E-state index in [1.807, 2.05) is 43.4 Å². The molecule has 7 rings (SSSR count). The number of anilines is 1. The zero-order valence-electron chi connectivity index (χ0n) is 25.7. The molecule has 3 aliphatic rings. The van der Waals surface area contributed by atoms with Gasteiger partial charge in [-0.15, -0.1) is 0 Å². The van der Waals surface area contributed by atoms with Gasteiger partial charge < -0.3 is 29.8 Å². The lowest BCUT2D eigenvalue weighted by Gasteiger charge is -2.33. The largest absolute Gasteiger partial charge is 0.497 e. The maximum atomic E-state index is 13.4. The molecule has 0 saturated carbocycles. The Morgan fingerprint density at radius 1 is 0.978 bits per heavy atom. The first-order chi connectivity index (χ1) is 22.3. The molecule has 3 aliphatic heterocycles. The Morgan fingerprint density at radius 2 is 1.67 bits per heavy atom. The standard InChI is InChI=1S/C35H35N5O6/c1-39-11-8-23(9-12-39)40-34(43)27-15-22-16-31(38-30(22)17-28(27)35(40)44)32-29(7-10-36-33(32)42)37-18-24(41)19-46-26-6-4-20-13-25(45-2)5-3-21(20)14-26/h3-7,10,13-15,17,23-24,41H,8-9,11-12,16,18-19H2,1-2H3,(H2,36,37,42). The number of aliphatic hydroxyl groups is 1. The molecule has 2 amide bonds. The van der Waals surface area contributed by atoms with Gasteiger partial charge in [0.05, 0.1) is 40.9 Å². The minimum atomic E-state index is -0.867. The lowest BCUT2D eigenvalue weighted by molar-refractivity contribution is 0.0516. The number of pyridine rings is 1. The number of likely N-dealkylation sites (tertiary alicyclic amines) is 1. The summed E-state index contributed by atoms with van der Waals surface area (Å²) < 4.78 is 11.1. The third-order valence-electron chi connectivity index (χ3n) is 9.02. The van der Waals surface area contributed by atoms with Gasteiger partial charge in [0.1, 0.15) is 24.2 Å². The number of ether oxygens (including phenoxy) is 2. The van der Waals surface area contributed by atoms with Gasteiger partial charge >= 0.3 is 0 Å². The van der Waals surface area contributed by atoms with Crippen molar-refractivity contribution in [2.24, 2.45) is 4.99 Å². The van der Waals surface area contributed by atoms with Crippen LogP contribution < -0.4 is 20.3 Å². The number of hydrogen-bond acceptors (Lipinski definition) is 9. The molecule has 1 aromatic heterocycles. The first-order valence-corrected chi connectivity index (χ1v) is 15.4. The highest BCUT2D eigenvalue weighted by atomic mass is 16.5. The monoisotopic (exact) mass is 621 g/mol. The maximum absolute atomic E-state index is 13.4. The molecule has 1 unspecified atom stereocenters. The molecule has 0 radical (unpaired) electrons. The zero-order valence-corrected chi connectivity index (χ0v) is 25.7. The van der Waals surface area contributed by atoms with Crippen molar-refractivity contribution in [3.8, 4) is 11.5 Å². The van der Waals surface area contributed by atoms with Gasteiger partial charge in [-0.1, -0.05) is 12.1 Å². The lowest BCUT2D eigenvalue weighted by Crippen LogP contribution is -2.46. The number of nitrogens with one attached hydrogen (secondary N) is 2. The Hall–Kier alpha value is -5.00. The summed E-state index contributed by atoms with van der Waals surface area (Å²) in [5.41, 5.74) is 3.19. The number of piperidine rings is 1. The zero-order chi connectivity index (χ0) is 31.9. The predicted octanol–water partition coefficient (Wildman–Crippen LogP) is 3.76. The highest BCUT2D eigenvalue weighted by Gasteiger charge is 2.42. The lowest BCUT2D eigenvalue weighted by atomic mass is 10.00. The second-order valence-electron chi connectivity index (χ2n) is 12.1. The number of fused-ring (bicyclic) bond motifs is 3. The fraction of sp³-hybridized carbons (Fsp3) is 0.314. The summed E-state index contributed by atoms with van der Waals surface area (Å²) in [4.78, 5) is 50.9. The quantitative estimate of drug-likeness (QED) is 0.241. The van der Waals surface area contributed by atoms with E-state index in [0.717, 1.165) is 48.0 Å². The number of rotatable bonds is 9. The highest BCUT2D eigenvalue weighted by Crippen LogP contribution is 2.37. The van der Waals surface area contributed by atoms with E-state index < -0.39 is 6.10 Å². The highest BCUT2D eigenvalue weighted by molar-refractivity contribution is 6.22. The van der Waals surface area contributed by atoms with Crippen LogP contribution in [0.15, 0.2) is 70.6 Å². The summed E-state index contributed by atoms with van der Waals surface area (Å²) in [6.45, 7) is 1.86. The van der Waals surface area contributed by atoms with E-state index in [1.54, 1.807) is 25.3 Å². The Labute approximate surface area is 265 Å². The first kappa shape index (κ1) is 29.7. The second-order valence-corrected chi connectivity index (χ2v) is 12.1. The van der Waals surface area contributed by atoms with Gasteiger partial charge in [0.15, 0.2) is 0 Å². The Bertz CT molecular complexity index is 1940. The fourth-order valence-electron chi connectivity index (χ4n) is 6.49. The van der Waals surface area contributed by atoms with E-state index in [4.69, 9.17) is 14.5 Å². The number of imide groups is 1. The molecule has 11 nitrogen and oxygen atoms in total. The van der Waals surface area contributed by atoms with Crippen molar-refractivity contribution in [1.29, 1.82) is 0 Å². The van der Waals surface area contributed by atoms with E-state index in [1.165, 1.54) is 11.1 Å². The van der Waals surface area contributed by atoms with Crippen molar-refractivity contribution in [3.05, 3.63) is 93.4 Å². The van der Waals surface area contributed by atoms with E-state index >= 15 is 0 Å². The fourth-order valence-corrected chi connectivity index (χ4v) is 6.49. The summed E-state index contributed by atoms with van der Waals surface area (Å²) >= 11 is 0. The van der Waals surface area contributed by atoms with Crippen LogP contribution in [0.25, 0.3) is 10.8 Å². The summed E-state index contributed by atoms with van der Waals surface area (Å²) in [6, 6.07) is 16.5. The number of nitrogens with zero attached hydrogens (tertiary/aromatic N) is 3. The van der Waals surface area contributed by atoms with Gasteiger partial charge in [0.25, 0.3) is 17.4 Å².